The highest BCUT2D eigenvalue weighted by atomic mass is 32.2. The van der Waals surface area contributed by atoms with Crippen LogP contribution in [0.25, 0.3) is 0 Å². The fourth-order valence-corrected chi connectivity index (χ4v) is 4.35. The minimum atomic E-state index is -3.77. The molecule has 1 aromatic carbocycles. The third-order valence-corrected chi connectivity index (χ3v) is 6.38. The normalized spacial score (nSPS) is 16.7. The van der Waals surface area contributed by atoms with E-state index in [9.17, 15) is 17.6 Å². The molecule has 7 nitrogen and oxygen atoms in total. The molecule has 1 saturated heterocycles. The van der Waals surface area contributed by atoms with Gasteiger partial charge in [-0.3, -0.25) is 4.98 Å². The Morgan fingerprint density at radius 1 is 1.19 bits per heavy atom. The average molecular weight is 392 g/mol. The zero-order valence-electron chi connectivity index (χ0n) is 14.9. The lowest BCUT2D eigenvalue weighted by Crippen LogP contribution is -2.53. The van der Waals surface area contributed by atoms with Crippen molar-refractivity contribution in [3.63, 3.8) is 0 Å². The quantitative estimate of drug-likeness (QED) is 0.863. The summed E-state index contributed by atoms with van der Waals surface area (Å²) in [6.45, 7) is 2.71. The molecule has 0 radical (unpaired) electrons. The van der Waals surface area contributed by atoms with E-state index in [0.717, 1.165) is 11.6 Å². The number of nitrogens with zero attached hydrogens (tertiary/aromatic N) is 3. The molecule has 0 unspecified atom stereocenters. The molecule has 27 heavy (non-hydrogen) atoms. The smallest absolute Gasteiger partial charge is 0.317 e. The Morgan fingerprint density at radius 2 is 1.93 bits per heavy atom. The molecular weight excluding hydrogens is 371 g/mol. The summed E-state index contributed by atoms with van der Waals surface area (Å²) in [5, 5.41) is 2.89. The molecule has 1 aromatic heterocycles. The molecular formula is C18H21FN4O3S. The van der Waals surface area contributed by atoms with Crippen molar-refractivity contribution in [2.45, 2.75) is 17.9 Å². The largest absolute Gasteiger partial charge is 0.331 e. The van der Waals surface area contributed by atoms with E-state index in [-0.39, 0.29) is 43.1 Å². The number of hydrogen-bond donors (Lipinski definition) is 1. The van der Waals surface area contributed by atoms with Crippen LogP contribution in [0.4, 0.5) is 9.18 Å². The number of nitrogens with one attached hydrogen (secondary N) is 1. The summed E-state index contributed by atoms with van der Waals surface area (Å²) in [6, 6.07) is 8.15. The van der Waals surface area contributed by atoms with Gasteiger partial charge in [-0.1, -0.05) is 12.1 Å². The first-order valence-electron chi connectivity index (χ1n) is 8.59. The van der Waals surface area contributed by atoms with Crippen LogP contribution < -0.4 is 5.32 Å². The number of benzene rings is 1. The topological polar surface area (TPSA) is 82.6 Å². The van der Waals surface area contributed by atoms with Crippen LogP contribution in [-0.2, 0) is 10.0 Å². The highest BCUT2D eigenvalue weighted by Crippen LogP contribution is 2.19. The minimum absolute atomic E-state index is 0.0781. The van der Waals surface area contributed by atoms with Crippen molar-refractivity contribution in [1.82, 2.24) is 19.5 Å². The predicted molar refractivity (Wildman–Crippen MR) is 97.9 cm³/mol. The monoisotopic (exact) mass is 392 g/mol. The number of rotatable bonds is 4. The average Bonchev–Trinajstić information content (AvgIpc) is 2.68. The van der Waals surface area contributed by atoms with Gasteiger partial charge in [0.25, 0.3) is 0 Å². The lowest BCUT2D eigenvalue weighted by atomic mass is 10.1. The van der Waals surface area contributed by atoms with Gasteiger partial charge in [0.15, 0.2) is 0 Å². The third kappa shape index (κ3) is 4.42. The zero-order chi connectivity index (χ0) is 19.4. The second kappa shape index (κ2) is 8.01. The summed E-state index contributed by atoms with van der Waals surface area (Å²) in [4.78, 5) is 18.0. The summed E-state index contributed by atoms with van der Waals surface area (Å²) in [6.07, 6.45) is 3.35. The highest BCUT2D eigenvalue weighted by molar-refractivity contribution is 7.89. The van der Waals surface area contributed by atoms with Crippen LogP contribution in [0.1, 0.15) is 18.5 Å². The summed E-state index contributed by atoms with van der Waals surface area (Å²) in [7, 11) is -3.77. The first kappa shape index (κ1) is 19.2. The number of hydrogen-bond acceptors (Lipinski definition) is 4. The molecule has 9 heteroatoms. The Hall–Kier alpha value is -2.52. The van der Waals surface area contributed by atoms with Crippen LogP contribution in [0, 0.1) is 5.82 Å². The second-order valence-corrected chi connectivity index (χ2v) is 8.24. The maximum absolute atomic E-state index is 13.3. The Morgan fingerprint density at radius 3 is 2.56 bits per heavy atom. The van der Waals surface area contributed by atoms with Crippen molar-refractivity contribution in [2.75, 3.05) is 26.2 Å². The Labute approximate surface area is 157 Å². The molecule has 144 valence electrons. The summed E-state index contributed by atoms with van der Waals surface area (Å²) >= 11 is 0. The van der Waals surface area contributed by atoms with E-state index in [1.807, 2.05) is 13.0 Å². The van der Waals surface area contributed by atoms with Crippen LogP contribution in [0.15, 0.2) is 53.7 Å². The highest BCUT2D eigenvalue weighted by Gasteiger charge is 2.30. The molecule has 3 rings (SSSR count). The van der Waals surface area contributed by atoms with E-state index in [0.29, 0.717) is 0 Å². The van der Waals surface area contributed by atoms with Gasteiger partial charge >= 0.3 is 6.03 Å². The second-order valence-electron chi connectivity index (χ2n) is 6.31. The maximum Gasteiger partial charge on any atom is 0.317 e. The number of urea groups is 1. The van der Waals surface area contributed by atoms with Crippen LogP contribution in [0.3, 0.4) is 0 Å². The van der Waals surface area contributed by atoms with Gasteiger partial charge in [0, 0.05) is 38.6 Å². The Bertz CT molecular complexity index is 900. The van der Waals surface area contributed by atoms with E-state index in [1.165, 1.54) is 22.5 Å². The fourth-order valence-electron chi connectivity index (χ4n) is 2.90. The van der Waals surface area contributed by atoms with Crippen molar-refractivity contribution in [3.8, 4) is 0 Å². The minimum Gasteiger partial charge on any atom is -0.331 e. The summed E-state index contributed by atoms with van der Waals surface area (Å²) in [5.74, 6) is -0.599. The van der Waals surface area contributed by atoms with E-state index in [4.69, 9.17) is 0 Å². The molecule has 2 amide bonds. The number of halogens is 1. The van der Waals surface area contributed by atoms with Crippen LogP contribution in [0.5, 0.6) is 0 Å². The van der Waals surface area contributed by atoms with Gasteiger partial charge in [-0.25, -0.2) is 17.6 Å². The van der Waals surface area contributed by atoms with Gasteiger partial charge < -0.3 is 10.2 Å². The van der Waals surface area contributed by atoms with E-state index in [2.05, 4.69) is 10.3 Å². The number of carbonyl (C=O) groups excluding carboxylic acids is 1. The van der Waals surface area contributed by atoms with Crippen LogP contribution in [0.2, 0.25) is 0 Å². The number of sulfonamides is 1. The first-order chi connectivity index (χ1) is 12.9. The molecule has 0 bridgehead atoms. The van der Waals surface area contributed by atoms with E-state index in [1.54, 1.807) is 23.4 Å². The van der Waals surface area contributed by atoms with Crippen LogP contribution >= 0.6 is 0 Å². The molecule has 0 saturated carbocycles. The number of pyridine rings is 1. The molecule has 1 aliphatic rings. The SMILES string of the molecule is C[C@@H](NC(=O)N1CCN(S(=O)(=O)c2cccc(F)c2)CC1)c1cccnc1. The Kier molecular flexibility index (Phi) is 5.71. The summed E-state index contributed by atoms with van der Waals surface area (Å²) in [5.41, 5.74) is 0.887. The molecule has 1 aliphatic heterocycles. The first-order valence-corrected chi connectivity index (χ1v) is 10.0. The molecule has 1 N–H and O–H groups in total. The molecule has 2 aromatic rings. The van der Waals surface area contributed by atoms with Crippen molar-refractivity contribution >= 4 is 16.1 Å². The van der Waals surface area contributed by atoms with Gasteiger partial charge in [0.2, 0.25) is 10.0 Å². The van der Waals surface area contributed by atoms with Gasteiger partial charge in [0.05, 0.1) is 10.9 Å². The molecule has 2 heterocycles. The number of amides is 2. The molecule has 0 spiro atoms. The standard InChI is InChI=1S/C18H21FN4O3S/c1-14(15-4-3-7-20-13-15)21-18(24)22-8-10-23(11-9-22)27(25,26)17-6-2-5-16(19)12-17/h2-7,12-14H,8-11H2,1H3,(H,21,24)/t14-/m1/s1. The van der Waals surface area contributed by atoms with E-state index < -0.39 is 15.8 Å². The van der Waals surface area contributed by atoms with Crippen molar-refractivity contribution in [1.29, 1.82) is 0 Å². The molecule has 0 aliphatic carbocycles. The van der Waals surface area contributed by atoms with Gasteiger partial charge in [-0.2, -0.15) is 4.31 Å². The van der Waals surface area contributed by atoms with Crippen molar-refractivity contribution < 1.29 is 17.6 Å². The van der Waals surface area contributed by atoms with Gasteiger partial charge in [0.1, 0.15) is 5.82 Å². The van der Waals surface area contributed by atoms with Gasteiger partial charge in [-0.15, -0.1) is 0 Å². The lowest BCUT2D eigenvalue weighted by Gasteiger charge is -2.34. The predicted octanol–water partition coefficient (Wildman–Crippen LogP) is 2.00. The fraction of sp³-hybridized carbons (Fsp3) is 0.333. The molecule has 1 fully saturated rings. The maximum atomic E-state index is 13.3. The number of carbonyl (C=O) groups is 1. The molecule has 1 atom stereocenters. The van der Waals surface area contributed by atoms with Crippen molar-refractivity contribution in [2.24, 2.45) is 0 Å². The summed E-state index contributed by atoms with van der Waals surface area (Å²) < 4.78 is 39.8. The van der Waals surface area contributed by atoms with E-state index >= 15 is 0 Å². The zero-order valence-corrected chi connectivity index (χ0v) is 15.7. The van der Waals surface area contributed by atoms with Crippen molar-refractivity contribution in [3.05, 3.63) is 60.2 Å². The Balaban J connectivity index is 1.59. The third-order valence-electron chi connectivity index (χ3n) is 4.48. The van der Waals surface area contributed by atoms with Gasteiger partial charge in [-0.05, 0) is 36.8 Å². The lowest BCUT2D eigenvalue weighted by molar-refractivity contribution is 0.169. The van der Waals surface area contributed by atoms with Crippen LogP contribution in [-0.4, -0.2) is 54.8 Å². The number of aromatic nitrogens is 1. The number of piperazine rings is 1.